The molecule has 0 radical (unpaired) electrons. The van der Waals surface area contributed by atoms with Crippen LogP contribution in [-0.4, -0.2) is 12.1 Å². The number of thiazole rings is 1. The third-order valence-corrected chi connectivity index (χ3v) is 3.32. The second kappa shape index (κ2) is 3.16. The van der Waals surface area contributed by atoms with Crippen LogP contribution in [0.2, 0.25) is 0 Å². The Morgan fingerprint density at radius 2 is 2.31 bits per heavy atom. The fraction of sp³-hybridized carbons (Fsp3) is 0.125. The van der Waals surface area contributed by atoms with Gasteiger partial charge in [0.15, 0.2) is 5.13 Å². The number of fused-ring (bicyclic) bond motifs is 1. The van der Waals surface area contributed by atoms with Crippen molar-refractivity contribution in [1.29, 1.82) is 0 Å². The standard InChI is InChI=1S/C8H7BrN2OS/c1-12-4-2-3-5-7(6(4)9)11-8(10)13-5/h2-3H,1H3,(H2,10,11). The summed E-state index contributed by atoms with van der Waals surface area (Å²) in [4.78, 5) is 4.19. The third kappa shape index (κ3) is 1.38. The van der Waals surface area contributed by atoms with Crippen LogP contribution < -0.4 is 10.5 Å². The maximum Gasteiger partial charge on any atom is 0.181 e. The van der Waals surface area contributed by atoms with E-state index in [0.717, 1.165) is 20.4 Å². The molecular formula is C8H7BrN2OS. The molecule has 0 aliphatic heterocycles. The summed E-state index contributed by atoms with van der Waals surface area (Å²) in [6.07, 6.45) is 0. The number of hydrogen-bond acceptors (Lipinski definition) is 4. The zero-order valence-electron chi connectivity index (χ0n) is 6.87. The van der Waals surface area contributed by atoms with Crippen LogP contribution in [0.15, 0.2) is 16.6 Å². The molecule has 0 saturated carbocycles. The molecule has 0 amide bonds. The van der Waals surface area contributed by atoms with E-state index in [9.17, 15) is 0 Å². The average molecular weight is 259 g/mol. The van der Waals surface area contributed by atoms with Crippen molar-refractivity contribution in [2.75, 3.05) is 12.8 Å². The molecule has 0 atom stereocenters. The Labute approximate surface area is 87.7 Å². The molecule has 1 heterocycles. The number of methoxy groups -OCH3 is 1. The first kappa shape index (κ1) is 8.77. The van der Waals surface area contributed by atoms with Gasteiger partial charge in [-0.2, -0.15) is 0 Å². The molecular weight excluding hydrogens is 252 g/mol. The van der Waals surface area contributed by atoms with Crippen LogP contribution in [0.3, 0.4) is 0 Å². The molecule has 3 nitrogen and oxygen atoms in total. The highest BCUT2D eigenvalue weighted by Crippen LogP contribution is 2.35. The molecule has 2 rings (SSSR count). The maximum absolute atomic E-state index is 5.60. The molecule has 0 unspecified atom stereocenters. The minimum atomic E-state index is 0.573. The molecule has 0 spiro atoms. The first-order chi connectivity index (χ1) is 6.22. The Balaban J connectivity index is 2.78. The van der Waals surface area contributed by atoms with E-state index < -0.39 is 0 Å². The van der Waals surface area contributed by atoms with E-state index in [1.165, 1.54) is 11.3 Å². The van der Waals surface area contributed by atoms with Gasteiger partial charge in [-0.05, 0) is 28.1 Å². The van der Waals surface area contributed by atoms with Gasteiger partial charge in [0, 0.05) is 0 Å². The van der Waals surface area contributed by atoms with Crippen molar-refractivity contribution < 1.29 is 4.74 Å². The van der Waals surface area contributed by atoms with Gasteiger partial charge in [0.05, 0.1) is 16.3 Å². The van der Waals surface area contributed by atoms with Gasteiger partial charge < -0.3 is 10.5 Å². The highest BCUT2D eigenvalue weighted by molar-refractivity contribution is 9.10. The molecule has 0 fully saturated rings. The molecule has 2 aromatic rings. The number of hydrogen-bond donors (Lipinski definition) is 1. The zero-order valence-corrected chi connectivity index (χ0v) is 9.28. The minimum absolute atomic E-state index is 0.573. The maximum atomic E-state index is 5.60. The number of benzene rings is 1. The number of rotatable bonds is 1. The van der Waals surface area contributed by atoms with E-state index in [-0.39, 0.29) is 0 Å². The van der Waals surface area contributed by atoms with Crippen molar-refractivity contribution in [1.82, 2.24) is 4.98 Å². The summed E-state index contributed by atoms with van der Waals surface area (Å²) in [5, 5.41) is 0.573. The van der Waals surface area contributed by atoms with Crippen molar-refractivity contribution in [3.05, 3.63) is 16.6 Å². The second-order valence-corrected chi connectivity index (χ2v) is 4.34. The Morgan fingerprint density at radius 3 is 3.00 bits per heavy atom. The van der Waals surface area contributed by atoms with Crippen molar-refractivity contribution in [3.8, 4) is 5.75 Å². The summed E-state index contributed by atoms with van der Waals surface area (Å²) in [6.45, 7) is 0. The number of halogens is 1. The summed E-state index contributed by atoms with van der Waals surface area (Å²) >= 11 is 4.89. The molecule has 13 heavy (non-hydrogen) atoms. The average Bonchev–Trinajstić information content (AvgIpc) is 2.47. The number of nitrogen functional groups attached to an aromatic ring is 1. The smallest absolute Gasteiger partial charge is 0.181 e. The largest absolute Gasteiger partial charge is 0.495 e. The van der Waals surface area contributed by atoms with Gasteiger partial charge in [0.1, 0.15) is 11.3 Å². The first-order valence-corrected chi connectivity index (χ1v) is 5.22. The molecule has 1 aromatic heterocycles. The molecule has 0 aliphatic rings. The molecule has 2 N–H and O–H groups in total. The molecule has 68 valence electrons. The van der Waals surface area contributed by atoms with E-state index in [2.05, 4.69) is 20.9 Å². The monoisotopic (exact) mass is 258 g/mol. The van der Waals surface area contributed by atoms with Crippen LogP contribution in [0.4, 0.5) is 5.13 Å². The fourth-order valence-electron chi connectivity index (χ4n) is 1.12. The lowest BCUT2D eigenvalue weighted by atomic mass is 10.3. The Hall–Kier alpha value is -0.810. The Kier molecular flexibility index (Phi) is 2.13. The normalized spacial score (nSPS) is 10.6. The predicted molar refractivity (Wildman–Crippen MR) is 58.3 cm³/mol. The number of nitrogens with two attached hydrogens (primary N) is 1. The lowest BCUT2D eigenvalue weighted by Crippen LogP contribution is -1.85. The lowest BCUT2D eigenvalue weighted by molar-refractivity contribution is 0.413. The van der Waals surface area contributed by atoms with Gasteiger partial charge in [-0.15, -0.1) is 0 Å². The first-order valence-electron chi connectivity index (χ1n) is 3.61. The topological polar surface area (TPSA) is 48.1 Å². The zero-order chi connectivity index (χ0) is 9.42. The van der Waals surface area contributed by atoms with Crippen LogP contribution in [0.25, 0.3) is 10.2 Å². The molecule has 0 aliphatic carbocycles. The molecule has 5 heteroatoms. The van der Waals surface area contributed by atoms with Crippen molar-refractivity contribution in [3.63, 3.8) is 0 Å². The van der Waals surface area contributed by atoms with Crippen LogP contribution in [0.1, 0.15) is 0 Å². The van der Waals surface area contributed by atoms with Gasteiger partial charge in [-0.1, -0.05) is 11.3 Å². The number of aromatic nitrogens is 1. The highest BCUT2D eigenvalue weighted by atomic mass is 79.9. The van der Waals surface area contributed by atoms with Gasteiger partial charge in [0.2, 0.25) is 0 Å². The SMILES string of the molecule is COc1ccc2sc(N)nc2c1Br. The quantitative estimate of drug-likeness (QED) is 0.856. The molecule has 0 bridgehead atoms. The number of nitrogens with zero attached hydrogens (tertiary/aromatic N) is 1. The number of ether oxygens (including phenoxy) is 1. The lowest BCUT2D eigenvalue weighted by Gasteiger charge is -2.01. The minimum Gasteiger partial charge on any atom is -0.495 e. The summed E-state index contributed by atoms with van der Waals surface area (Å²) in [5.41, 5.74) is 6.46. The summed E-state index contributed by atoms with van der Waals surface area (Å²) < 4.78 is 7.06. The fourth-order valence-corrected chi connectivity index (χ4v) is 2.59. The van der Waals surface area contributed by atoms with E-state index >= 15 is 0 Å². The number of anilines is 1. The van der Waals surface area contributed by atoms with Crippen molar-refractivity contribution >= 4 is 42.6 Å². The van der Waals surface area contributed by atoms with Crippen LogP contribution in [0.5, 0.6) is 5.75 Å². The van der Waals surface area contributed by atoms with Crippen molar-refractivity contribution in [2.45, 2.75) is 0 Å². The van der Waals surface area contributed by atoms with Crippen LogP contribution in [0, 0.1) is 0 Å². The molecule has 1 aromatic carbocycles. The third-order valence-electron chi connectivity index (χ3n) is 1.70. The summed E-state index contributed by atoms with van der Waals surface area (Å²) in [6, 6.07) is 3.84. The van der Waals surface area contributed by atoms with Gasteiger partial charge in [0.25, 0.3) is 0 Å². The van der Waals surface area contributed by atoms with Gasteiger partial charge in [-0.25, -0.2) is 4.98 Å². The van der Waals surface area contributed by atoms with Crippen LogP contribution >= 0.6 is 27.3 Å². The highest BCUT2D eigenvalue weighted by Gasteiger charge is 2.09. The van der Waals surface area contributed by atoms with Crippen molar-refractivity contribution in [2.24, 2.45) is 0 Å². The van der Waals surface area contributed by atoms with Gasteiger partial charge in [-0.3, -0.25) is 0 Å². The van der Waals surface area contributed by atoms with E-state index in [1.807, 2.05) is 12.1 Å². The van der Waals surface area contributed by atoms with Gasteiger partial charge >= 0.3 is 0 Å². The van der Waals surface area contributed by atoms with E-state index in [4.69, 9.17) is 10.5 Å². The molecule has 0 saturated heterocycles. The van der Waals surface area contributed by atoms with E-state index in [1.54, 1.807) is 7.11 Å². The second-order valence-electron chi connectivity index (χ2n) is 2.48. The van der Waals surface area contributed by atoms with Crippen LogP contribution in [-0.2, 0) is 0 Å². The summed E-state index contributed by atoms with van der Waals surface area (Å²) in [5.74, 6) is 0.776. The Bertz CT molecular complexity index is 455. The predicted octanol–water partition coefficient (Wildman–Crippen LogP) is 2.65. The Morgan fingerprint density at radius 1 is 1.54 bits per heavy atom. The summed E-state index contributed by atoms with van der Waals surface area (Å²) in [7, 11) is 1.63. The van der Waals surface area contributed by atoms with E-state index in [0.29, 0.717) is 5.13 Å².